The molecule has 0 amide bonds. The number of hydrogen-bond acceptors (Lipinski definition) is 3. The second-order valence-electron chi connectivity index (χ2n) is 3.52. The third-order valence-corrected chi connectivity index (χ3v) is 3.81. The van der Waals surface area contributed by atoms with Crippen LogP contribution >= 0.6 is 11.6 Å². The van der Waals surface area contributed by atoms with Gasteiger partial charge in [0.2, 0.25) is 0 Å². The average molecular weight is 267 g/mol. The molecule has 1 unspecified atom stereocenters. The van der Waals surface area contributed by atoms with Crippen molar-refractivity contribution < 1.29 is 4.21 Å². The molecular weight excluding hydrogens is 256 g/mol. The Bertz CT molecular complexity index is 560. The Balaban J connectivity index is 2.20. The zero-order chi connectivity index (χ0) is 12.3. The lowest BCUT2D eigenvalue weighted by Crippen LogP contribution is -2.03. The Morgan fingerprint density at radius 1 is 1.29 bits per heavy atom. The molecule has 0 aliphatic carbocycles. The summed E-state index contributed by atoms with van der Waals surface area (Å²) in [4.78, 5) is 4.04. The minimum atomic E-state index is -1.25. The number of nitrogens with two attached hydrogens (primary N) is 1. The first-order chi connectivity index (χ1) is 8.16. The molecule has 88 valence electrons. The predicted octanol–water partition coefficient (Wildman–Crippen LogP) is 2.63. The Kier molecular flexibility index (Phi) is 3.76. The van der Waals surface area contributed by atoms with Crippen molar-refractivity contribution in [3.8, 4) is 0 Å². The molecule has 0 radical (unpaired) electrons. The molecule has 0 spiro atoms. The van der Waals surface area contributed by atoms with E-state index in [0.717, 1.165) is 5.56 Å². The molecule has 1 aromatic carbocycles. The van der Waals surface area contributed by atoms with Crippen LogP contribution in [0.3, 0.4) is 0 Å². The van der Waals surface area contributed by atoms with Crippen molar-refractivity contribution in [1.82, 2.24) is 4.98 Å². The monoisotopic (exact) mass is 266 g/mol. The lowest BCUT2D eigenvalue weighted by Gasteiger charge is -2.04. The molecule has 0 saturated carbocycles. The fourth-order valence-electron chi connectivity index (χ4n) is 1.44. The summed E-state index contributed by atoms with van der Waals surface area (Å²) in [6, 6.07) is 10.7. The fraction of sp³-hybridized carbons (Fsp3) is 0.0833. The van der Waals surface area contributed by atoms with E-state index in [1.165, 1.54) is 0 Å². The zero-order valence-corrected chi connectivity index (χ0v) is 10.5. The summed E-state index contributed by atoms with van der Waals surface area (Å²) in [5, 5.41) is 1.06. The normalized spacial score (nSPS) is 12.3. The summed E-state index contributed by atoms with van der Waals surface area (Å²) in [7, 11) is -1.25. The van der Waals surface area contributed by atoms with Crippen LogP contribution in [0.2, 0.25) is 5.02 Å². The highest BCUT2D eigenvalue weighted by Gasteiger charge is 2.09. The fourth-order valence-corrected chi connectivity index (χ4v) is 2.78. The largest absolute Gasteiger partial charge is 0.396 e. The number of anilines is 1. The summed E-state index contributed by atoms with van der Waals surface area (Å²) < 4.78 is 12.1. The first-order valence-electron chi connectivity index (χ1n) is 5.00. The van der Waals surface area contributed by atoms with Crippen molar-refractivity contribution in [2.75, 3.05) is 5.73 Å². The van der Waals surface area contributed by atoms with Crippen molar-refractivity contribution in [1.29, 1.82) is 0 Å². The highest BCUT2D eigenvalue weighted by Crippen LogP contribution is 2.18. The number of nitrogen functional groups attached to an aromatic ring is 1. The average Bonchev–Trinajstić information content (AvgIpc) is 2.29. The van der Waals surface area contributed by atoms with E-state index in [1.54, 1.807) is 30.5 Å². The molecule has 1 atom stereocenters. The quantitative estimate of drug-likeness (QED) is 0.929. The Morgan fingerprint density at radius 3 is 2.82 bits per heavy atom. The van der Waals surface area contributed by atoms with E-state index in [0.29, 0.717) is 21.5 Å². The second-order valence-corrected chi connectivity index (χ2v) is 5.32. The smallest absolute Gasteiger partial charge is 0.150 e. The van der Waals surface area contributed by atoms with Crippen LogP contribution in [0, 0.1) is 0 Å². The molecule has 0 aliphatic heterocycles. The van der Waals surface area contributed by atoms with Crippen molar-refractivity contribution in [3.63, 3.8) is 0 Å². The van der Waals surface area contributed by atoms with Crippen LogP contribution in [0.15, 0.2) is 47.6 Å². The molecule has 17 heavy (non-hydrogen) atoms. The molecule has 0 bridgehead atoms. The molecule has 0 fully saturated rings. The van der Waals surface area contributed by atoms with Gasteiger partial charge >= 0.3 is 0 Å². The molecule has 3 nitrogen and oxygen atoms in total. The van der Waals surface area contributed by atoms with Gasteiger partial charge in [0.1, 0.15) is 5.03 Å². The first-order valence-corrected chi connectivity index (χ1v) is 6.70. The third kappa shape index (κ3) is 3.05. The number of aromatic nitrogens is 1. The number of pyridine rings is 1. The molecule has 2 aromatic rings. The van der Waals surface area contributed by atoms with E-state index >= 15 is 0 Å². The molecule has 0 saturated heterocycles. The Morgan fingerprint density at radius 2 is 2.12 bits per heavy atom. The zero-order valence-electron chi connectivity index (χ0n) is 8.97. The van der Waals surface area contributed by atoms with E-state index in [2.05, 4.69) is 4.98 Å². The van der Waals surface area contributed by atoms with E-state index in [1.807, 2.05) is 12.1 Å². The lowest BCUT2D eigenvalue weighted by molar-refractivity contribution is 0.680. The standard InChI is InChI=1S/C12H11ClN2OS/c13-10-4-1-3-9(7-10)8-17(16)12-11(14)5-2-6-15-12/h1-7H,8,14H2. The predicted molar refractivity (Wildman–Crippen MR) is 70.2 cm³/mol. The Hall–Kier alpha value is -1.39. The SMILES string of the molecule is Nc1cccnc1S(=O)Cc1cccc(Cl)c1. The minimum Gasteiger partial charge on any atom is -0.396 e. The Labute approximate surface area is 107 Å². The van der Waals surface area contributed by atoms with E-state index in [-0.39, 0.29) is 0 Å². The molecule has 2 N–H and O–H groups in total. The van der Waals surface area contributed by atoms with Gasteiger partial charge in [0, 0.05) is 11.2 Å². The topological polar surface area (TPSA) is 56.0 Å². The van der Waals surface area contributed by atoms with Gasteiger partial charge in [0.25, 0.3) is 0 Å². The van der Waals surface area contributed by atoms with Crippen molar-refractivity contribution >= 4 is 28.1 Å². The van der Waals surface area contributed by atoms with Crippen LogP contribution in [0.5, 0.6) is 0 Å². The van der Waals surface area contributed by atoms with Gasteiger partial charge in [-0.15, -0.1) is 0 Å². The minimum absolute atomic E-state index is 0.363. The molecule has 1 heterocycles. The van der Waals surface area contributed by atoms with Crippen molar-refractivity contribution in [2.24, 2.45) is 0 Å². The van der Waals surface area contributed by atoms with Gasteiger partial charge in [-0.25, -0.2) is 4.98 Å². The van der Waals surface area contributed by atoms with Gasteiger partial charge in [-0.2, -0.15) is 0 Å². The van der Waals surface area contributed by atoms with Crippen molar-refractivity contribution in [3.05, 3.63) is 53.2 Å². The van der Waals surface area contributed by atoms with Crippen LogP contribution < -0.4 is 5.73 Å². The third-order valence-electron chi connectivity index (χ3n) is 2.20. The maximum Gasteiger partial charge on any atom is 0.150 e. The van der Waals surface area contributed by atoms with Crippen LogP contribution in [0.1, 0.15) is 5.56 Å². The molecule has 2 rings (SSSR count). The maximum atomic E-state index is 12.1. The number of benzene rings is 1. The number of nitrogens with zero attached hydrogens (tertiary/aromatic N) is 1. The molecule has 0 aliphatic rings. The lowest BCUT2D eigenvalue weighted by atomic mass is 10.2. The highest BCUT2D eigenvalue weighted by atomic mass is 35.5. The first kappa shape index (κ1) is 12.1. The number of rotatable bonds is 3. The van der Waals surface area contributed by atoms with Gasteiger partial charge in [-0.3, -0.25) is 4.21 Å². The summed E-state index contributed by atoms with van der Waals surface area (Å²) in [5.74, 6) is 0.363. The molecule has 1 aromatic heterocycles. The van der Waals surface area contributed by atoms with Crippen molar-refractivity contribution in [2.45, 2.75) is 10.8 Å². The van der Waals surface area contributed by atoms with E-state index in [4.69, 9.17) is 17.3 Å². The van der Waals surface area contributed by atoms with Crippen LogP contribution in [0.25, 0.3) is 0 Å². The van der Waals surface area contributed by atoms with E-state index in [9.17, 15) is 4.21 Å². The summed E-state index contributed by atoms with van der Waals surface area (Å²) in [5.41, 5.74) is 7.08. The second kappa shape index (κ2) is 5.29. The van der Waals surface area contributed by atoms with E-state index < -0.39 is 10.8 Å². The van der Waals surface area contributed by atoms with Crippen LogP contribution in [-0.2, 0) is 16.6 Å². The maximum absolute atomic E-state index is 12.1. The van der Waals surface area contributed by atoms with Crippen LogP contribution in [0.4, 0.5) is 5.69 Å². The van der Waals surface area contributed by atoms with Gasteiger partial charge < -0.3 is 5.73 Å². The molecular formula is C12H11ClN2OS. The highest BCUT2D eigenvalue weighted by molar-refractivity contribution is 7.84. The summed E-state index contributed by atoms with van der Waals surface area (Å²) in [6.45, 7) is 0. The summed E-state index contributed by atoms with van der Waals surface area (Å²) >= 11 is 5.87. The number of hydrogen-bond donors (Lipinski definition) is 1. The summed E-state index contributed by atoms with van der Waals surface area (Å²) in [6.07, 6.45) is 1.58. The van der Waals surface area contributed by atoms with Crippen LogP contribution in [-0.4, -0.2) is 9.19 Å². The van der Waals surface area contributed by atoms with Gasteiger partial charge in [0.05, 0.1) is 22.2 Å². The molecule has 5 heteroatoms. The van der Waals surface area contributed by atoms with Gasteiger partial charge in [-0.1, -0.05) is 23.7 Å². The van der Waals surface area contributed by atoms with Gasteiger partial charge in [0.15, 0.2) is 0 Å². The number of halogens is 1. The van der Waals surface area contributed by atoms with Gasteiger partial charge in [-0.05, 0) is 29.8 Å².